The Bertz CT molecular complexity index is 1070. The number of hydrogen-bond donors (Lipinski definition) is 1. The summed E-state index contributed by atoms with van der Waals surface area (Å²) in [4.78, 5) is 12.5. The van der Waals surface area contributed by atoms with Gasteiger partial charge in [0.2, 0.25) is 5.91 Å². The normalized spacial score (nSPS) is 12.8. The molecule has 0 saturated carbocycles. The van der Waals surface area contributed by atoms with E-state index in [-0.39, 0.29) is 23.1 Å². The molecule has 1 amide bonds. The summed E-state index contributed by atoms with van der Waals surface area (Å²) in [5.74, 6) is -0.574. The molecule has 0 fully saturated rings. The van der Waals surface area contributed by atoms with Crippen LogP contribution >= 0.6 is 34.8 Å². The molecule has 0 bridgehead atoms. The molecule has 1 unspecified atom stereocenters. The first-order valence-electron chi connectivity index (χ1n) is 8.57. The van der Waals surface area contributed by atoms with Crippen molar-refractivity contribution in [2.75, 3.05) is 5.32 Å². The minimum Gasteiger partial charge on any atom is -0.306 e. The number of carbonyl (C=O) groups excluding carboxylic acids is 1. The molecule has 0 saturated heterocycles. The van der Waals surface area contributed by atoms with Crippen molar-refractivity contribution in [3.8, 4) is 0 Å². The minimum absolute atomic E-state index is 0.0533. The van der Waals surface area contributed by atoms with Gasteiger partial charge in [0.05, 0.1) is 6.54 Å². The predicted octanol–water partition coefficient (Wildman–Crippen LogP) is 5.62. The second kappa shape index (κ2) is 8.49. The second-order valence-corrected chi connectivity index (χ2v) is 7.72. The van der Waals surface area contributed by atoms with Crippen LogP contribution in [-0.4, -0.2) is 25.5 Å². The minimum atomic E-state index is -4.60. The van der Waals surface area contributed by atoms with E-state index in [0.29, 0.717) is 15.6 Å². The van der Waals surface area contributed by atoms with Gasteiger partial charge in [0.1, 0.15) is 11.1 Å². The van der Waals surface area contributed by atoms with Crippen LogP contribution in [0.5, 0.6) is 0 Å². The van der Waals surface area contributed by atoms with Crippen LogP contribution in [0.15, 0.2) is 30.5 Å². The molecule has 2 aromatic heterocycles. The molecule has 1 aromatic carbocycles. The maximum atomic E-state index is 12.9. The Labute approximate surface area is 184 Å². The number of nitrogens with zero attached hydrogens (tertiary/aromatic N) is 4. The first kappa shape index (κ1) is 22.5. The molecule has 3 rings (SSSR count). The summed E-state index contributed by atoms with van der Waals surface area (Å²) in [5.41, 5.74) is -0.258. The van der Waals surface area contributed by atoms with Crippen LogP contribution in [0.4, 0.5) is 19.0 Å². The van der Waals surface area contributed by atoms with Crippen molar-refractivity contribution in [1.82, 2.24) is 19.6 Å². The predicted molar refractivity (Wildman–Crippen MR) is 108 cm³/mol. The van der Waals surface area contributed by atoms with Gasteiger partial charge in [-0.3, -0.25) is 14.2 Å². The number of hydrogen-bond acceptors (Lipinski definition) is 3. The van der Waals surface area contributed by atoms with Crippen molar-refractivity contribution in [2.24, 2.45) is 0 Å². The molecule has 3 aromatic rings. The molecule has 1 atom stereocenters. The lowest BCUT2D eigenvalue weighted by molar-refractivity contribution is -0.141. The topological polar surface area (TPSA) is 64.7 Å². The van der Waals surface area contributed by atoms with Crippen LogP contribution in [0.2, 0.25) is 15.1 Å². The fourth-order valence-corrected chi connectivity index (χ4v) is 3.47. The Morgan fingerprint density at radius 1 is 1.17 bits per heavy atom. The zero-order valence-electron chi connectivity index (χ0n) is 15.6. The largest absolute Gasteiger partial charge is 0.435 e. The Balaban J connectivity index is 1.77. The number of halogens is 6. The van der Waals surface area contributed by atoms with E-state index in [0.717, 1.165) is 10.7 Å². The van der Waals surface area contributed by atoms with Gasteiger partial charge in [-0.2, -0.15) is 23.4 Å². The van der Waals surface area contributed by atoms with E-state index in [1.807, 2.05) is 0 Å². The maximum absolute atomic E-state index is 12.9. The van der Waals surface area contributed by atoms with Gasteiger partial charge in [-0.1, -0.05) is 40.9 Å². The monoisotopic (exact) mass is 479 g/mol. The van der Waals surface area contributed by atoms with Crippen LogP contribution in [0, 0.1) is 6.92 Å². The van der Waals surface area contributed by atoms with Crippen molar-refractivity contribution in [3.63, 3.8) is 0 Å². The highest BCUT2D eigenvalue weighted by Crippen LogP contribution is 2.30. The fourth-order valence-electron chi connectivity index (χ4n) is 2.76. The zero-order chi connectivity index (χ0) is 22.2. The van der Waals surface area contributed by atoms with E-state index in [2.05, 4.69) is 15.5 Å². The van der Waals surface area contributed by atoms with Gasteiger partial charge in [-0.15, -0.1) is 0 Å². The van der Waals surface area contributed by atoms with Gasteiger partial charge in [0.25, 0.3) is 0 Å². The molecule has 0 aliphatic rings. The summed E-state index contributed by atoms with van der Waals surface area (Å²) < 4.78 is 41.0. The lowest BCUT2D eigenvalue weighted by atomic mass is 10.2. The van der Waals surface area contributed by atoms with E-state index in [1.165, 1.54) is 24.7 Å². The number of nitrogens with one attached hydrogen (secondary N) is 1. The zero-order valence-corrected chi connectivity index (χ0v) is 17.9. The molecule has 160 valence electrons. The number of benzene rings is 1. The first-order valence-corrected chi connectivity index (χ1v) is 9.70. The molecule has 0 aliphatic heterocycles. The van der Waals surface area contributed by atoms with Gasteiger partial charge >= 0.3 is 6.18 Å². The van der Waals surface area contributed by atoms with Crippen LogP contribution in [0.3, 0.4) is 0 Å². The Hall–Kier alpha value is -2.23. The number of alkyl halides is 3. The third kappa shape index (κ3) is 4.74. The summed E-state index contributed by atoms with van der Waals surface area (Å²) in [5, 5.41) is 11.2. The lowest BCUT2D eigenvalue weighted by Gasteiger charge is -2.13. The number of aryl methyl sites for hydroxylation is 1. The van der Waals surface area contributed by atoms with Gasteiger partial charge in [-0.25, -0.2) is 0 Å². The Kier molecular flexibility index (Phi) is 6.35. The van der Waals surface area contributed by atoms with E-state index < -0.39 is 23.8 Å². The van der Waals surface area contributed by atoms with E-state index >= 15 is 0 Å². The van der Waals surface area contributed by atoms with Crippen LogP contribution in [-0.2, 0) is 17.5 Å². The highest BCUT2D eigenvalue weighted by Gasteiger charge is 2.35. The average molecular weight is 481 g/mol. The highest BCUT2D eigenvalue weighted by molar-refractivity contribution is 6.36. The number of aromatic nitrogens is 4. The summed E-state index contributed by atoms with van der Waals surface area (Å²) in [7, 11) is 0. The van der Waals surface area contributed by atoms with Crippen molar-refractivity contribution < 1.29 is 18.0 Å². The summed E-state index contributed by atoms with van der Waals surface area (Å²) in [6, 6.07) is 4.91. The SMILES string of the molecule is Cc1cc(C(F)(F)F)nn1C(C)C(=O)Nc1nn(Cc2c(Cl)cccc2Cl)cc1Cl. The van der Waals surface area contributed by atoms with Crippen molar-refractivity contribution >= 4 is 46.5 Å². The van der Waals surface area contributed by atoms with Crippen molar-refractivity contribution in [1.29, 1.82) is 0 Å². The number of anilines is 1. The number of carbonyl (C=O) groups is 1. The lowest BCUT2D eigenvalue weighted by Crippen LogP contribution is -2.26. The molecule has 0 spiro atoms. The molecule has 1 N–H and O–H groups in total. The molecule has 6 nitrogen and oxygen atoms in total. The summed E-state index contributed by atoms with van der Waals surface area (Å²) in [6.07, 6.45) is -3.13. The van der Waals surface area contributed by atoms with Crippen molar-refractivity contribution in [2.45, 2.75) is 32.6 Å². The number of rotatable bonds is 5. The average Bonchev–Trinajstić information content (AvgIpc) is 3.20. The molecular weight excluding hydrogens is 466 g/mol. The second-order valence-electron chi connectivity index (χ2n) is 6.50. The van der Waals surface area contributed by atoms with Crippen LogP contribution < -0.4 is 5.32 Å². The van der Waals surface area contributed by atoms with E-state index in [1.54, 1.807) is 18.2 Å². The smallest absolute Gasteiger partial charge is 0.306 e. The standard InChI is InChI=1S/C18H15Cl3F3N5O/c1-9-6-15(18(22,23)24)26-29(9)10(2)17(30)25-16-14(21)8-28(27-16)7-11-12(19)4-3-5-13(11)20/h3-6,8,10H,7H2,1-2H3,(H,25,27,30). The highest BCUT2D eigenvalue weighted by atomic mass is 35.5. The van der Waals surface area contributed by atoms with Crippen LogP contribution in [0.25, 0.3) is 0 Å². The molecule has 30 heavy (non-hydrogen) atoms. The molecule has 2 heterocycles. The molecule has 0 radical (unpaired) electrons. The van der Waals surface area contributed by atoms with Crippen LogP contribution in [0.1, 0.15) is 29.9 Å². The fraction of sp³-hybridized carbons (Fsp3) is 0.278. The molecule has 0 aliphatic carbocycles. The molecular formula is C18H15Cl3F3N5O. The van der Waals surface area contributed by atoms with E-state index in [4.69, 9.17) is 34.8 Å². The van der Waals surface area contributed by atoms with E-state index in [9.17, 15) is 18.0 Å². The first-order chi connectivity index (χ1) is 14.0. The Morgan fingerprint density at radius 3 is 2.37 bits per heavy atom. The van der Waals surface area contributed by atoms with Crippen molar-refractivity contribution in [3.05, 3.63) is 62.5 Å². The number of amides is 1. The van der Waals surface area contributed by atoms with Gasteiger partial charge < -0.3 is 5.32 Å². The van der Waals surface area contributed by atoms with Gasteiger partial charge in [-0.05, 0) is 32.0 Å². The van der Waals surface area contributed by atoms with Gasteiger partial charge in [0, 0.05) is 27.5 Å². The quantitative estimate of drug-likeness (QED) is 0.516. The third-order valence-corrected chi connectivity index (χ3v) is 5.28. The Morgan fingerprint density at radius 2 is 1.80 bits per heavy atom. The summed E-state index contributed by atoms with van der Waals surface area (Å²) >= 11 is 18.4. The third-order valence-electron chi connectivity index (χ3n) is 4.30. The maximum Gasteiger partial charge on any atom is 0.435 e. The summed E-state index contributed by atoms with van der Waals surface area (Å²) in [6.45, 7) is 3.06. The van der Waals surface area contributed by atoms with Gasteiger partial charge in [0.15, 0.2) is 11.5 Å². The molecule has 12 heteroatoms.